The maximum atomic E-state index is 12.7. The van der Waals surface area contributed by atoms with Crippen LogP contribution in [0.3, 0.4) is 0 Å². The van der Waals surface area contributed by atoms with E-state index in [0.29, 0.717) is 5.69 Å². The highest BCUT2D eigenvalue weighted by Crippen LogP contribution is 2.26. The molecular formula is C22H28N2O3S. The van der Waals surface area contributed by atoms with Crippen molar-refractivity contribution in [3.8, 4) is 0 Å². The van der Waals surface area contributed by atoms with E-state index < -0.39 is 10.0 Å². The maximum Gasteiger partial charge on any atom is 0.241 e. The molecule has 0 saturated heterocycles. The van der Waals surface area contributed by atoms with Gasteiger partial charge in [0.25, 0.3) is 0 Å². The smallest absolute Gasteiger partial charge is 0.241 e. The average molecular weight is 401 g/mol. The first-order valence-corrected chi connectivity index (χ1v) is 11.7. The molecule has 1 aliphatic carbocycles. The van der Waals surface area contributed by atoms with Crippen molar-refractivity contribution in [1.29, 1.82) is 0 Å². The van der Waals surface area contributed by atoms with Crippen molar-refractivity contribution in [3.63, 3.8) is 0 Å². The Hall–Kier alpha value is -2.34. The molecule has 3 rings (SSSR count). The number of amides is 1. The van der Waals surface area contributed by atoms with Crippen LogP contribution >= 0.6 is 0 Å². The van der Waals surface area contributed by atoms with Gasteiger partial charge in [0.05, 0.1) is 18.0 Å². The number of carbonyl (C=O) groups excluding carboxylic acids is 1. The number of para-hydroxylation sites is 1. The van der Waals surface area contributed by atoms with Gasteiger partial charge in [0.2, 0.25) is 15.9 Å². The van der Waals surface area contributed by atoms with E-state index in [4.69, 9.17) is 0 Å². The third-order valence-electron chi connectivity index (χ3n) is 5.25. The van der Waals surface area contributed by atoms with Crippen LogP contribution in [0.2, 0.25) is 0 Å². The van der Waals surface area contributed by atoms with Crippen LogP contribution in [0.1, 0.15) is 48.9 Å². The Morgan fingerprint density at radius 3 is 2.39 bits per heavy atom. The predicted octanol–water partition coefficient (Wildman–Crippen LogP) is 3.60. The molecule has 5 nitrogen and oxygen atoms in total. The number of benzene rings is 2. The molecule has 2 aromatic carbocycles. The molecule has 0 aliphatic heterocycles. The molecule has 6 heteroatoms. The maximum absolute atomic E-state index is 12.7. The van der Waals surface area contributed by atoms with Crippen molar-refractivity contribution >= 4 is 21.6 Å². The van der Waals surface area contributed by atoms with E-state index in [9.17, 15) is 13.2 Å². The van der Waals surface area contributed by atoms with E-state index in [1.165, 1.54) is 24.0 Å². The number of aryl methyl sites for hydroxylation is 2. The molecule has 0 spiro atoms. The quantitative estimate of drug-likeness (QED) is 0.772. The Kier molecular flexibility index (Phi) is 6.39. The number of hydrogen-bond acceptors (Lipinski definition) is 3. The first-order chi connectivity index (χ1) is 13.4. The molecule has 0 heterocycles. The van der Waals surface area contributed by atoms with Crippen LogP contribution in [0, 0.1) is 0 Å². The molecule has 1 amide bonds. The average Bonchev–Trinajstić information content (AvgIpc) is 2.69. The van der Waals surface area contributed by atoms with Crippen molar-refractivity contribution in [2.75, 3.05) is 17.1 Å². The SMILES string of the molecule is CC[C@@H](NC(=O)CN(c1ccccc1)S(C)(=O)=O)c1ccc2c(c1)CCCC2. The lowest BCUT2D eigenvalue weighted by Crippen LogP contribution is -2.41. The van der Waals surface area contributed by atoms with Gasteiger partial charge >= 0.3 is 0 Å². The van der Waals surface area contributed by atoms with Crippen molar-refractivity contribution in [1.82, 2.24) is 5.32 Å². The molecule has 28 heavy (non-hydrogen) atoms. The van der Waals surface area contributed by atoms with Gasteiger partial charge in [-0.15, -0.1) is 0 Å². The van der Waals surface area contributed by atoms with Crippen LogP contribution in [-0.4, -0.2) is 27.1 Å². The summed E-state index contributed by atoms with van der Waals surface area (Å²) in [5.74, 6) is -0.307. The second-order valence-corrected chi connectivity index (χ2v) is 9.28. The van der Waals surface area contributed by atoms with Gasteiger partial charge in [0.1, 0.15) is 6.54 Å². The van der Waals surface area contributed by atoms with E-state index in [-0.39, 0.29) is 18.5 Å². The number of sulfonamides is 1. The van der Waals surface area contributed by atoms with E-state index in [1.54, 1.807) is 24.3 Å². The molecule has 0 fully saturated rings. The summed E-state index contributed by atoms with van der Waals surface area (Å²) >= 11 is 0. The molecule has 1 N–H and O–H groups in total. The number of rotatable bonds is 7. The predicted molar refractivity (Wildman–Crippen MR) is 113 cm³/mol. The minimum Gasteiger partial charge on any atom is -0.348 e. The Labute approximate surface area is 167 Å². The highest BCUT2D eigenvalue weighted by atomic mass is 32.2. The summed E-state index contributed by atoms with van der Waals surface area (Å²) in [6, 6.07) is 15.0. The number of nitrogens with one attached hydrogen (secondary N) is 1. The zero-order valence-corrected chi connectivity index (χ0v) is 17.3. The fourth-order valence-electron chi connectivity index (χ4n) is 3.76. The summed E-state index contributed by atoms with van der Waals surface area (Å²) in [5, 5.41) is 3.02. The Morgan fingerprint density at radius 2 is 1.75 bits per heavy atom. The Balaban J connectivity index is 1.74. The fourth-order valence-corrected chi connectivity index (χ4v) is 4.61. The number of nitrogens with zero attached hydrogens (tertiary/aromatic N) is 1. The first kappa shape index (κ1) is 20.4. The van der Waals surface area contributed by atoms with E-state index in [1.807, 2.05) is 13.0 Å². The highest BCUT2D eigenvalue weighted by molar-refractivity contribution is 7.92. The summed E-state index contributed by atoms with van der Waals surface area (Å²) < 4.78 is 25.5. The van der Waals surface area contributed by atoms with Gasteiger partial charge < -0.3 is 5.32 Å². The van der Waals surface area contributed by atoms with Crippen LogP contribution in [0.25, 0.3) is 0 Å². The van der Waals surface area contributed by atoms with Gasteiger partial charge in [-0.25, -0.2) is 8.42 Å². The molecule has 0 radical (unpaired) electrons. The van der Waals surface area contributed by atoms with E-state index in [0.717, 1.165) is 35.4 Å². The topological polar surface area (TPSA) is 66.5 Å². The first-order valence-electron chi connectivity index (χ1n) is 9.82. The van der Waals surface area contributed by atoms with Gasteiger partial charge in [0, 0.05) is 0 Å². The second-order valence-electron chi connectivity index (χ2n) is 7.37. The molecule has 0 aromatic heterocycles. The Morgan fingerprint density at radius 1 is 1.07 bits per heavy atom. The van der Waals surface area contributed by atoms with Crippen LogP contribution in [0.4, 0.5) is 5.69 Å². The zero-order valence-electron chi connectivity index (χ0n) is 16.5. The van der Waals surface area contributed by atoms with Crippen molar-refractivity contribution < 1.29 is 13.2 Å². The number of carbonyl (C=O) groups is 1. The van der Waals surface area contributed by atoms with E-state index in [2.05, 4.69) is 23.5 Å². The van der Waals surface area contributed by atoms with Gasteiger partial charge in [0.15, 0.2) is 0 Å². The third-order valence-corrected chi connectivity index (χ3v) is 6.39. The van der Waals surface area contributed by atoms with Crippen molar-refractivity contribution in [2.45, 2.75) is 45.1 Å². The molecule has 2 aromatic rings. The van der Waals surface area contributed by atoms with Crippen LogP contribution in [0.15, 0.2) is 48.5 Å². The number of anilines is 1. The van der Waals surface area contributed by atoms with Crippen LogP contribution in [-0.2, 0) is 27.7 Å². The summed E-state index contributed by atoms with van der Waals surface area (Å²) in [7, 11) is -3.56. The van der Waals surface area contributed by atoms with Crippen LogP contribution in [0.5, 0.6) is 0 Å². The zero-order chi connectivity index (χ0) is 20.1. The largest absolute Gasteiger partial charge is 0.348 e. The van der Waals surface area contributed by atoms with E-state index >= 15 is 0 Å². The van der Waals surface area contributed by atoms with Gasteiger partial charge in [-0.05, 0) is 60.9 Å². The summed E-state index contributed by atoms with van der Waals surface area (Å²) in [6.45, 7) is 1.79. The highest BCUT2D eigenvalue weighted by Gasteiger charge is 2.23. The minimum absolute atomic E-state index is 0.128. The lowest BCUT2D eigenvalue weighted by atomic mass is 9.89. The fraction of sp³-hybridized carbons (Fsp3) is 0.409. The van der Waals surface area contributed by atoms with Crippen LogP contribution < -0.4 is 9.62 Å². The molecule has 150 valence electrons. The summed E-state index contributed by atoms with van der Waals surface area (Å²) in [4.78, 5) is 12.7. The lowest BCUT2D eigenvalue weighted by molar-refractivity contribution is -0.120. The standard InChI is InChI=1S/C22H28N2O3S/c1-3-21(19-14-13-17-9-7-8-10-18(17)15-19)23-22(25)16-24(28(2,26)27)20-11-5-4-6-12-20/h4-6,11-15,21H,3,7-10,16H2,1-2H3,(H,23,25)/t21-/m1/s1. The molecule has 0 saturated carbocycles. The molecule has 1 aliphatic rings. The molecule has 0 unspecified atom stereocenters. The second kappa shape index (κ2) is 8.78. The summed E-state index contributed by atoms with van der Waals surface area (Å²) in [6.07, 6.45) is 6.52. The third kappa shape index (κ3) is 4.93. The van der Waals surface area contributed by atoms with Gasteiger partial charge in [-0.2, -0.15) is 0 Å². The van der Waals surface area contributed by atoms with Crippen molar-refractivity contribution in [2.24, 2.45) is 0 Å². The molecule has 1 atom stereocenters. The minimum atomic E-state index is -3.56. The monoisotopic (exact) mass is 400 g/mol. The van der Waals surface area contributed by atoms with Gasteiger partial charge in [-0.1, -0.05) is 43.3 Å². The van der Waals surface area contributed by atoms with Crippen molar-refractivity contribution in [3.05, 3.63) is 65.2 Å². The summed E-state index contributed by atoms with van der Waals surface area (Å²) in [5.41, 5.74) is 4.35. The molecule has 0 bridgehead atoms. The number of fused-ring (bicyclic) bond motifs is 1. The Bertz CT molecular complexity index is 926. The molecular weight excluding hydrogens is 372 g/mol. The normalized spacial score (nSPS) is 14.8. The van der Waals surface area contributed by atoms with Gasteiger partial charge in [-0.3, -0.25) is 9.10 Å². The lowest BCUT2D eigenvalue weighted by Gasteiger charge is -2.25. The number of hydrogen-bond donors (Lipinski definition) is 1.